The molecule has 50 heavy (non-hydrogen) atoms. The van der Waals surface area contributed by atoms with Crippen molar-refractivity contribution >= 4 is 43.7 Å². The van der Waals surface area contributed by atoms with Gasteiger partial charge >= 0.3 is 0 Å². The molecule has 0 N–H and O–H groups in total. The van der Waals surface area contributed by atoms with Gasteiger partial charge in [0, 0.05) is 38.5 Å². The van der Waals surface area contributed by atoms with Gasteiger partial charge in [0.15, 0.2) is 17.5 Å². The predicted molar refractivity (Wildman–Crippen MR) is 203 cm³/mol. The van der Waals surface area contributed by atoms with Crippen LogP contribution in [0.2, 0.25) is 0 Å². The highest BCUT2D eigenvalue weighted by Gasteiger charge is 2.19. The predicted octanol–water partition coefficient (Wildman–Crippen LogP) is 11.5. The van der Waals surface area contributed by atoms with E-state index in [1.54, 1.807) is 24.3 Å². The summed E-state index contributed by atoms with van der Waals surface area (Å²) in [5.74, 6) is 1.15. The highest BCUT2D eigenvalue weighted by Crippen LogP contribution is 2.41. The number of hydrogen-bond donors (Lipinski definition) is 0. The molecule has 0 bridgehead atoms. The first-order chi connectivity index (χ1) is 28.9. The fourth-order valence-corrected chi connectivity index (χ4v) is 6.43. The summed E-state index contributed by atoms with van der Waals surface area (Å²) < 4.78 is 95.8. The van der Waals surface area contributed by atoms with Crippen molar-refractivity contribution in [3.8, 4) is 51.0 Å². The van der Waals surface area contributed by atoms with E-state index in [1.807, 2.05) is 84.9 Å². The summed E-state index contributed by atoms with van der Waals surface area (Å²) >= 11 is 0. The Morgan fingerprint density at radius 2 is 1.06 bits per heavy atom. The Hall–Kier alpha value is -6.85. The number of furan rings is 1. The average molecular weight is 651 g/mol. The van der Waals surface area contributed by atoms with Crippen molar-refractivity contribution in [2.75, 3.05) is 0 Å². The van der Waals surface area contributed by atoms with Crippen LogP contribution in [0.25, 0.3) is 94.7 Å². The lowest BCUT2D eigenvalue weighted by Crippen LogP contribution is -2.01. The molecule has 10 aromatic rings. The fraction of sp³-hybridized carbons (Fsp3) is 0. The minimum Gasteiger partial charge on any atom is -0.455 e. The highest BCUT2D eigenvalue weighted by molar-refractivity contribution is 6.23. The normalized spacial score (nSPS) is 14.4. The lowest BCUT2D eigenvalue weighted by molar-refractivity contribution is 0.673. The van der Waals surface area contributed by atoms with Crippen LogP contribution in [-0.2, 0) is 0 Å². The van der Waals surface area contributed by atoms with Gasteiger partial charge in [-0.2, -0.15) is 0 Å². The number of rotatable bonds is 5. The first kappa shape index (κ1) is 19.8. The van der Waals surface area contributed by atoms with Gasteiger partial charge in [-0.1, -0.05) is 127 Å². The van der Waals surface area contributed by atoms with Crippen molar-refractivity contribution in [2.24, 2.45) is 0 Å². The lowest BCUT2D eigenvalue weighted by atomic mass is 10.0. The number of para-hydroxylation sites is 2. The minimum absolute atomic E-state index is 0.00123. The summed E-state index contributed by atoms with van der Waals surface area (Å²) in [4.78, 5) is 14.8. The molecule has 0 aliphatic rings. The van der Waals surface area contributed by atoms with E-state index in [1.165, 1.54) is 4.57 Å². The van der Waals surface area contributed by atoms with E-state index in [2.05, 4.69) is 0 Å². The summed E-state index contributed by atoms with van der Waals surface area (Å²) in [6, 6.07) is 29.7. The average Bonchev–Trinajstić information content (AvgIpc) is 3.87. The van der Waals surface area contributed by atoms with Crippen LogP contribution >= 0.6 is 0 Å². The smallest absolute Gasteiger partial charge is 0.164 e. The molecule has 10 rings (SSSR count). The first-order valence-electron chi connectivity index (χ1n) is 20.9. The van der Waals surface area contributed by atoms with Crippen LogP contribution in [0.15, 0.2) is 174 Å². The second-order valence-electron chi connectivity index (χ2n) is 11.7. The largest absolute Gasteiger partial charge is 0.455 e. The van der Waals surface area contributed by atoms with E-state index in [9.17, 15) is 2.74 Å². The summed E-state index contributed by atoms with van der Waals surface area (Å²) in [5, 5.41) is -0.0774. The molecule has 7 aromatic carbocycles. The summed E-state index contributed by atoms with van der Waals surface area (Å²) in [6.45, 7) is 0. The Kier molecular flexibility index (Phi) is 4.52. The Labute approximate surface area is 301 Å². The Balaban J connectivity index is 1.26. The molecule has 5 nitrogen and oxygen atoms in total. The fourth-order valence-electron chi connectivity index (χ4n) is 6.43. The van der Waals surface area contributed by atoms with E-state index >= 15 is 0 Å². The third-order valence-electron chi connectivity index (χ3n) is 8.73. The van der Waals surface area contributed by atoms with Gasteiger partial charge in [-0.25, -0.2) is 15.0 Å². The molecule has 0 amide bonds. The quantitative estimate of drug-likeness (QED) is 0.186. The Morgan fingerprint density at radius 1 is 0.460 bits per heavy atom. The van der Waals surface area contributed by atoms with E-state index in [0.29, 0.717) is 28.7 Å². The zero-order valence-electron chi connectivity index (χ0n) is 36.1. The first-order valence-corrected chi connectivity index (χ1v) is 15.9. The van der Waals surface area contributed by atoms with Gasteiger partial charge in [0.25, 0.3) is 0 Å². The van der Waals surface area contributed by atoms with Crippen LogP contribution in [0.1, 0.15) is 13.7 Å². The molecule has 3 heterocycles. The molecule has 0 aliphatic carbocycles. The van der Waals surface area contributed by atoms with E-state index < -0.39 is 54.4 Å². The van der Waals surface area contributed by atoms with Crippen LogP contribution in [0, 0.1) is 0 Å². The molecule has 0 fully saturated rings. The van der Waals surface area contributed by atoms with E-state index in [0.717, 1.165) is 22.3 Å². The monoisotopic (exact) mass is 650 g/mol. The Bertz CT molecular complexity index is 3440. The lowest BCUT2D eigenvalue weighted by Gasteiger charge is -2.12. The SMILES string of the molecule is [2H]c1c([2H])c([2H])c2c(oc3c2c([2H])c([2H])c2c3c3c([2H])c([2H])c([2H])c([2H])c3n2-c2cccc(-c3nc(-c4ccccc4)nc(-c4cccc(-c5ccccc5)c4)n3)c2)c1[2H]. The van der Waals surface area contributed by atoms with Crippen molar-refractivity contribution in [3.05, 3.63) is 170 Å². The van der Waals surface area contributed by atoms with Gasteiger partial charge in [-0.15, -0.1) is 0 Å². The van der Waals surface area contributed by atoms with E-state index in [-0.39, 0.29) is 49.8 Å². The molecule has 0 aliphatic heterocycles. The molecule has 0 radical (unpaired) electrons. The molecule has 0 atom stereocenters. The van der Waals surface area contributed by atoms with Gasteiger partial charge in [-0.3, -0.25) is 0 Å². The molecule has 234 valence electrons. The van der Waals surface area contributed by atoms with Crippen LogP contribution < -0.4 is 0 Å². The summed E-state index contributed by atoms with van der Waals surface area (Å²) in [5.41, 5.74) is 4.12. The molecule has 0 saturated carbocycles. The topological polar surface area (TPSA) is 56.7 Å². The third-order valence-corrected chi connectivity index (χ3v) is 8.73. The second-order valence-corrected chi connectivity index (χ2v) is 11.7. The zero-order valence-corrected chi connectivity index (χ0v) is 26.1. The summed E-state index contributed by atoms with van der Waals surface area (Å²) in [6.07, 6.45) is 0. The Morgan fingerprint density at radius 3 is 1.84 bits per heavy atom. The number of hydrogen-bond acceptors (Lipinski definition) is 4. The van der Waals surface area contributed by atoms with Crippen molar-refractivity contribution < 1.29 is 18.1 Å². The molecule has 0 spiro atoms. The number of nitrogens with zero attached hydrogens (tertiary/aromatic N) is 4. The van der Waals surface area contributed by atoms with Crippen LogP contribution in [0.4, 0.5) is 0 Å². The number of aromatic nitrogens is 4. The van der Waals surface area contributed by atoms with Gasteiger partial charge < -0.3 is 8.98 Å². The zero-order chi connectivity index (χ0) is 41.7. The molecule has 5 heteroatoms. The number of benzene rings is 7. The maximum atomic E-state index is 9.43. The maximum Gasteiger partial charge on any atom is 0.164 e. The molecule has 0 unspecified atom stereocenters. The minimum atomic E-state index is -0.539. The molecule has 0 saturated heterocycles. The van der Waals surface area contributed by atoms with Crippen LogP contribution in [0.5, 0.6) is 0 Å². The van der Waals surface area contributed by atoms with Crippen molar-refractivity contribution in [1.29, 1.82) is 0 Å². The van der Waals surface area contributed by atoms with Gasteiger partial charge in [0.2, 0.25) is 0 Å². The van der Waals surface area contributed by atoms with Gasteiger partial charge in [0.1, 0.15) is 11.2 Å². The van der Waals surface area contributed by atoms with Gasteiger partial charge in [-0.05, 0) is 53.5 Å². The van der Waals surface area contributed by atoms with Gasteiger partial charge in [0.05, 0.1) is 30.1 Å². The van der Waals surface area contributed by atoms with E-state index in [4.69, 9.17) is 30.3 Å². The molecule has 3 aromatic heterocycles. The van der Waals surface area contributed by atoms with Crippen molar-refractivity contribution in [2.45, 2.75) is 0 Å². The van der Waals surface area contributed by atoms with Crippen LogP contribution in [0.3, 0.4) is 0 Å². The van der Waals surface area contributed by atoms with Crippen LogP contribution in [-0.4, -0.2) is 19.5 Å². The van der Waals surface area contributed by atoms with Crippen molar-refractivity contribution in [3.63, 3.8) is 0 Å². The molecular formula is C45H28N4O. The second kappa shape index (κ2) is 11.4. The summed E-state index contributed by atoms with van der Waals surface area (Å²) in [7, 11) is 0. The standard InChI is InChI=1S/C45H28N4O/c1-3-13-29(14-4-1)31-17-11-18-32(27-31)44-46-43(30-15-5-2-6-16-30)47-45(48-44)33-19-12-20-34(28-33)49-38-23-9-7-22-37(38)41-39(49)26-25-36-35-21-8-10-24-40(35)50-42(36)41/h1-28H/i7D,8D,9D,10D,21D,22D,23D,24D,25D,26D. The highest BCUT2D eigenvalue weighted by atomic mass is 16.3. The third kappa shape index (κ3) is 4.60. The van der Waals surface area contributed by atoms with Crippen molar-refractivity contribution in [1.82, 2.24) is 19.5 Å². The molecular weight excluding hydrogens is 613 g/mol. The number of fused-ring (bicyclic) bond motifs is 7. The maximum absolute atomic E-state index is 9.43.